The second kappa shape index (κ2) is 6.20. The highest BCUT2D eigenvalue weighted by Gasteiger charge is 2.32. The van der Waals surface area contributed by atoms with Crippen molar-refractivity contribution in [3.8, 4) is 0 Å². The van der Waals surface area contributed by atoms with E-state index in [9.17, 15) is 9.18 Å². The van der Waals surface area contributed by atoms with Crippen LogP contribution in [0.15, 0.2) is 47.0 Å². The average molecular weight is 339 g/mol. The maximum Gasteiger partial charge on any atom is 0.245 e. The number of nitrogens with zero attached hydrogens (tertiary/aromatic N) is 2. The Morgan fingerprint density at radius 2 is 2.12 bits per heavy atom. The van der Waals surface area contributed by atoms with E-state index in [1.54, 1.807) is 23.2 Å². The van der Waals surface area contributed by atoms with Gasteiger partial charge in [0, 0.05) is 19.3 Å². The summed E-state index contributed by atoms with van der Waals surface area (Å²) in [5.41, 5.74) is 1.67. The van der Waals surface area contributed by atoms with Crippen LogP contribution in [0.25, 0.3) is 11.0 Å². The van der Waals surface area contributed by atoms with E-state index in [1.807, 2.05) is 19.1 Å². The normalized spacial score (nSPS) is 17.4. The van der Waals surface area contributed by atoms with Crippen molar-refractivity contribution in [1.82, 2.24) is 9.88 Å². The van der Waals surface area contributed by atoms with Gasteiger partial charge >= 0.3 is 0 Å². The van der Waals surface area contributed by atoms with Gasteiger partial charge in [-0.2, -0.15) is 0 Å². The minimum absolute atomic E-state index is 0.0309. The molecule has 128 valence electrons. The molecule has 6 heteroatoms. The number of anilines is 1. The number of likely N-dealkylation sites (tertiary alicyclic amines) is 1. The molecular weight excluding hydrogens is 321 g/mol. The number of benzene rings is 1. The first-order valence-corrected chi connectivity index (χ1v) is 8.25. The van der Waals surface area contributed by atoms with E-state index in [0.29, 0.717) is 25.3 Å². The fraction of sp³-hybridized carbons (Fsp3) is 0.263. The predicted octanol–water partition coefficient (Wildman–Crippen LogP) is 3.49. The Morgan fingerprint density at radius 3 is 2.92 bits per heavy atom. The number of nitrogens with one attached hydrogen (secondary N) is 1. The van der Waals surface area contributed by atoms with E-state index in [2.05, 4.69) is 10.3 Å². The van der Waals surface area contributed by atoms with Gasteiger partial charge in [-0.25, -0.2) is 9.37 Å². The Morgan fingerprint density at radius 1 is 1.32 bits per heavy atom. The number of rotatable bonds is 4. The van der Waals surface area contributed by atoms with E-state index < -0.39 is 0 Å². The first-order valence-electron chi connectivity index (χ1n) is 8.25. The second-order valence-corrected chi connectivity index (χ2v) is 6.30. The molecule has 1 aliphatic heterocycles. The number of aryl methyl sites for hydroxylation is 1. The topological polar surface area (TPSA) is 58.4 Å². The molecule has 3 aromatic rings. The molecule has 0 saturated carbocycles. The molecule has 25 heavy (non-hydrogen) atoms. The van der Waals surface area contributed by atoms with Crippen molar-refractivity contribution in [3.05, 3.63) is 59.7 Å². The molecule has 0 bridgehead atoms. The minimum atomic E-state index is -0.311. The first kappa shape index (κ1) is 15.6. The van der Waals surface area contributed by atoms with Crippen molar-refractivity contribution in [2.24, 2.45) is 0 Å². The summed E-state index contributed by atoms with van der Waals surface area (Å²) in [5.74, 6) is 1.23. The summed E-state index contributed by atoms with van der Waals surface area (Å²) in [5, 5.41) is 4.13. The fourth-order valence-electron chi connectivity index (χ4n) is 3.21. The highest BCUT2D eigenvalue weighted by atomic mass is 19.1. The van der Waals surface area contributed by atoms with Gasteiger partial charge in [-0.3, -0.25) is 4.79 Å². The zero-order chi connectivity index (χ0) is 17.4. The third-order valence-corrected chi connectivity index (χ3v) is 4.46. The van der Waals surface area contributed by atoms with E-state index >= 15 is 0 Å². The third-order valence-electron chi connectivity index (χ3n) is 4.46. The standard InChI is InChI=1S/C19H18FN3O2/c1-12-10-15-17(25-12)6-8-21-18(15)22-16-7-9-23(19(16)24)11-13-2-4-14(20)5-3-13/h2-6,8,10,16H,7,9,11H2,1H3,(H,21,22). The molecule has 4 rings (SSSR count). The van der Waals surface area contributed by atoms with Crippen LogP contribution in [-0.2, 0) is 11.3 Å². The van der Waals surface area contributed by atoms with Crippen LogP contribution in [0.5, 0.6) is 0 Å². The van der Waals surface area contributed by atoms with Crippen molar-refractivity contribution in [1.29, 1.82) is 0 Å². The van der Waals surface area contributed by atoms with Crippen molar-refractivity contribution < 1.29 is 13.6 Å². The molecule has 3 heterocycles. The summed E-state index contributed by atoms with van der Waals surface area (Å²) in [6, 6.07) is 9.66. The molecule has 0 spiro atoms. The molecule has 1 N–H and O–H groups in total. The van der Waals surface area contributed by atoms with Crippen LogP contribution in [0.4, 0.5) is 10.2 Å². The Kier molecular flexibility index (Phi) is 3.87. The van der Waals surface area contributed by atoms with Gasteiger partial charge in [0.2, 0.25) is 5.91 Å². The van der Waals surface area contributed by atoms with Crippen molar-refractivity contribution >= 4 is 22.7 Å². The maximum atomic E-state index is 13.0. The quantitative estimate of drug-likeness (QED) is 0.790. The third kappa shape index (κ3) is 3.07. The highest BCUT2D eigenvalue weighted by molar-refractivity contribution is 5.92. The van der Waals surface area contributed by atoms with Gasteiger partial charge in [0.05, 0.1) is 5.39 Å². The summed E-state index contributed by atoms with van der Waals surface area (Å²) in [4.78, 5) is 18.8. The molecule has 1 aromatic carbocycles. The summed E-state index contributed by atoms with van der Waals surface area (Å²) < 4.78 is 18.6. The lowest BCUT2D eigenvalue weighted by molar-refractivity contribution is -0.128. The molecule has 5 nitrogen and oxygen atoms in total. The number of hydrogen-bond donors (Lipinski definition) is 1. The molecule has 0 aliphatic carbocycles. The Bertz CT molecular complexity index is 920. The van der Waals surface area contributed by atoms with Crippen molar-refractivity contribution in [2.75, 3.05) is 11.9 Å². The number of pyridine rings is 1. The number of hydrogen-bond acceptors (Lipinski definition) is 4. The highest BCUT2D eigenvalue weighted by Crippen LogP contribution is 2.27. The summed E-state index contributed by atoms with van der Waals surface area (Å²) >= 11 is 0. The van der Waals surface area contributed by atoms with Gasteiger partial charge in [-0.05, 0) is 43.2 Å². The first-order chi connectivity index (χ1) is 12.1. The number of furan rings is 1. The van der Waals surface area contributed by atoms with Crippen LogP contribution in [0.2, 0.25) is 0 Å². The van der Waals surface area contributed by atoms with Gasteiger partial charge in [-0.15, -0.1) is 0 Å². The SMILES string of the molecule is Cc1cc2c(NC3CCN(Cc4ccc(F)cc4)C3=O)nccc2o1. The van der Waals surface area contributed by atoms with E-state index in [4.69, 9.17) is 4.42 Å². The molecule has 2 aromatic heterocycles. The number of carbonyl (C=O) groups excluding carboxylic acids is 1. The largest absolute Gasteiger partial charge is 0.461 e. The second-order valence-electron chi connectivity index (χ2n) is 6.30. The number of amides is 1. The molecule has 1 aliphatic rings. The van der Waals surface area contributed by atoms with E-state index in [1.165, 1.54) is 12.1 Å². The Hall–Kier alpha value is -2.89. The van der Waals surface area contributed by atoms with Crippen molar-refractivity contribution in [3.63, 3.8) is 0 Å². The van der Waals surface area contributed by atoms with Crippen molar-refractivity contribution in [2.45, 2.75) is 25.9 Å². The lowest BCUT2D eigenvalue weighted by Gasteiger charge is -2.17. The van der Waals surface area contributed by atoms with Crippen LogP contribution in [0.3, 0.4) is 0 Å². The number of halogens is 1. The monoisotopic (exact) mass is 339 g/mol. The van der Waals surface area contributed by atoms with Gasteiger partial charge in [0.15, 0.2) is 0 Å². The zero-order valence-electron chi connectivity index (χ0n) is 13.8. The van der Waals surface area contributed by atoms with E-state index in [-0.39, 0.29) is 17.8 Å². The predicted molar refractivity (Wildman–Crippen MR) is 92.6 cm³/mol. The van der Waals surface area contributed by atoms with Gasteiger partial charge in [-0.1, -0.05) is 12.1 Å². The van der Waals surface area contributed by atoms with Crippen LogP contribution in [0.1, 0.15) is 17.7 Å². The summed E-state index contributed by atoms with van der Waals surface area (Å²) in [7, 11) is 0. The zero-order valence-corrected chi connectivity index (χ0v) is 13.8. The minimum Gasteiger partial charge on any atom is -0.461 e. The molecule has 1 atom stereocenters. The molecular formula is C19H18FN3O2. The smallest absolute Gasteiger partial charge is 0.245 e. The lowest BCUT2D eigenvalue weighted by Crippen LogP contribution is -2.33. The van der Waals surface area contributed by atoms with Gasteiger partial charge < -0.3 is 14.6 Å². The van der Waals surface area contributed by atoms with Crippen LogP contribution >= 0.6 is 0 Å². The number of fused-ring (bicyclic) bond motifs is 1. The summed E-state index contributed by atoms with van der Waals surface area (Å²) in [6.07, 6.45) is 2.37. The molecule has 1 amide bonds. The Balaban J connectivity index is 1.48. The summed E-state index contributed by atoms with van der Waals surface area (Å²) in [6.45, 7) is 3.03. The Labute approximate surface area is 144 Å². The van der Waals surface area contributed by atoms with E-state index in [0.717, 1.165) is 22.3 Å². The molecule has 1 saturated heterocycles. The molecule has 0 radical (unpaired) electrons. The van der Waals surface area contributed by atoms with Gasteiger partial charge in [0.25, 0.3) is 0 Å². The maximum absolute atomic E-state index is 13.0. The lowest BCUT2D eigenvalue weighted by atomic mass is 10.2. The van der Waals surface area contributed by atoms with Crippen LogP contribution < -0.4 is 5.32 Å². The van der Waals surface area contributed by atoms with Crippen LogP contribution in [0, 0.1) is 12.7 Å². The van der Waals surface area contributed by atoms with Gasteiger partial charge in [0.1, 0.15) is 29.0 Å². The number of aromatic nitrogens is 1. The van der Waals surface area contributed by atoms with Crippen LogP contribution in [-0.4, -0.2) is 28.4 Å². The molecule has 1 fully saturated rings. The fourth-order valence-corrected chi connectivity index (χ4v) is 3.21. The molecule has 1 unspecified atom stereocenters. The number of carbonyl (C=O) groups is 1. The average Bonchev–Trinajstić information content (AvgIpc) is 3.14.